The zero-order valence-corrected chi connectivity index (χ0v) is 46.9. The van der Waals surface area contributed by atoms with Gasteiger partial charge in [-0.3, -0.25) is 44.3 Å². The van der Waals surface area contributed by atoms with Crippen LogP contribution in [-0.4, -0.2) is 134 Å². The van der Waals surface area contributed by atoms with E-state index in [-0.39, 0.29) is 80.4 Å². The summed E-state index contributed by atoms with van der Waals surface area (Å²) in [6.07, 6.45) is 1.17. The fraction of sp³-hybridized carbons (Fsp3) is 0.559. The molecule has 0 fully saturated rings. The molecule has 0 bridgehead atoms. The molecule has 3 aromatic rings. The average molecular weight is 1050 g/mol. The molecule has 3 aromatic carbocycles. The van der Waals surface area contributed by atoms with Crippen molar-refractivity contribution in [2.75, 3.05) is 40.3 Å². The van der Waals surface area contributed by atoms with Crippen LogP contribution in [0.5, 0.6) is 0 Å². The van der Waals surface area contributed by atoms with E-state index in [0.717, 1.165) is 27.8 Å². The summed E-state index contributed by atoms with van der Waals surface area (Å²) in [5.74, 6) is -3.69. The van der Waals surface area contributed by atoms with Crippen LogP contribution in [0.4, 0.5) is 4.79 Å². The van der Waals surface area contributed by atoms with Gasteiger partial charge in [-0.05, 0) is 84.1 Å². The maximum atomic E-state index is 14.1. The molecule has 0 unspecified atom stereocenters. The Morgan fingerprint density at radius 3 is 1.66 bits per heavy atom. The van der Waals surface area contributed by atoms with Crippen LogP contribution in [-0.2, 0) is 49.6 Å². The Bertz CT molecular complexity index is 2380. The first kappa shape index (κ1) is 62.1. The lowest BCUT2D eigenvalue weighted by atomic mass is 9.97. The average Bonchev–Trinajstić information content (AvgIpc) is 3.70. The number of nitrogens with one attached hydrogen (secondary N) is 5. The quantitative estimate of drug-likeness (QED) is 0.0433. The van der Waals surface area contributed by atoms with E-state index in [1.807, 2.05) is 115 Å². The molecule has 1 aliphatic carbocycles. The van der Waals surface area contributed by atoms with E-state index in [1.165, 1.54) is 30.8 Å². The second kappa shape index (κ2) is 30.3. The van der Waals surface area contributed by atoms with Gasteiger partial charge in [0.05, 0.1) is 37.8 Å². The molecule has 0 spiro atoms. The standard InChI is InChI=1S/C59H85N7O10/c1-13-21-48(63-56(71)51(30-38(6)7)66(12)59(74)76-35-47-45-26-19-17-24-43(45)44-25-18-20-27-46(44)47)57(72)65(11)33-42(67)31-60-50(29-37(4)5)55(70)64-53(39(8)9)52(68)32-61-49(28-36(2)3)54(69)62-40(10)58(73)75-34-41-22-15-14-16-23-41/h14-20,22-27,36-40,47-51,53,60-61H,13,21,28-35H2,1-12H3,(H,62,69)(H,63,71)(H,64,70)/t40-,48-,49-,50-,51-,53-/m0/s1. The summed E-state index contributed by atoms with van der Waals surface area (Å²) in [5.41, 5.74) is 5.13. The summed E-state index contributed by atoms with van der Waals surface area (Å²) in [7, 11) is 3.00. The van der Waals surface area contributed by atoms with E-state index in [9.17, 15) is 38.4 Å². The Morgan fingerprint density at radius 1 is 0.592 bits per heavy atom. The number of carbonyl (C=O) groups is 8. The van der Waals surface area contributed by atoms with Crippen LogP contribution >= 0.6 is 0 Å². The van der Waals surface area contributed by atoms with E-state index >= 15 is 0 Å². The van der Waals surface area contributed by atoms with E-state index in [0.29, 0.717) is 25.7 Å². The lowest BCUT2D eigenvalue weighted by Gasteiger charge is -2.31. The van der Waals surface area contributed by atoms with Gasteiger partial charge < -0.3 is 30.3 Å². The number of rotatable bonds is 31. The third-order valence-electron chi connectivity index (χ3n) is 13.4. The van der Waals surface area contributed by atoms with Crippen LogP contribution in [0.1, 0.15) is 124 Å². The number of nitrogens with zero attached hydrogens (tertiary/aromatic N) is 2. The Hall–Kier alpha value is -6.46. The smallest absolute Gasteiger partial charge is 0.410 e. The molecule has 416 valence electrons. The van der Waals surface area contributed by atoms with Crippen molar-refractivity contribution >= 4 is 47.3 Å². The molecule has 0 saturated carbocycles. The molecule has 4 rings (SSSR count). The number of ether oxygens (including phenoxy) is 2. The first-order valence-corrected chi connectivity index (χ1v) is 27.0. The van der Waals surface area contributed by atoms with Gasteiger partial charge in [0.2, 0.25) is 23.6 Å². The molecule has 5 N–H and O–H groups in total. The number of esters is 1. The van der Waals surface area contributed by atoms with Gasteiger partial charge >= 0.3 is 12.1 Å². The normalized spacial score (nSPS) is 14.4. The predicted octanol–water partition coefficient (Wildman–Crippen LogP) is 6.56. The van der Waals surface area contributed by atoms with Crippen LogP contribution in [0.3, 0.4) is 0 Å². The minimum absolute atomic E-state index is 0.0106. The van der Waals surface area contributed by atoms with Gasteiger partial charge in [0.15, 0.2) is 11.6 Å². The lowest BCUT2D eigenvalue weighted by Crippen LogP contribution is -2.56. The highest BCUT2D eigenvalue weighted by molar-refractivity contribution is 5.95. The summed E-state index contributed by atoms with van der Waals surface area (Å²) in [5, 5.41) is 14.6. The number of carbonyl (C=O) groups excluding carboxylic acids is 8. The van der Waals surface area contributed by atoms with Gasteiger partial charge in [0.1, 0.15) is 31.3 Å². The molecule has 17 heteroatoms. The minimum Gasteiger partial charge on any atom is -0.459 e. The first-order chi connectivity index (χ1) is 36.0. The third kappa shape index (κ3) is 18.7. The van der Waals surface area contributed by atoms with Crippen molar-refractivity contribution in [1.82, 2.24) is 36.4 Å². The molecule has 6 atom stereocenters. The van der Waals surface area contributed by atoms with Gasteiger partial charge in [-0.1, -0.05) is 148 Å². The molecule has 5 amide bonds. The monoisotopic (exact) mass is 1050 g/mol. The number of amides is 5. The number of ketones is 2. The highest BCUT2D eigenvalue weighted by Gasteiger charge is 2.36. The topological polar surface area (TPSA) is 222 Å². The minimum atomic E-state index is -0.985. The highest BCUT2D eigenvalue weighted by Crippen LogP contribution is 2.44. The first-order valence-electron chi connectivity index (χ1n) is 27.0. The molecule has 0 radical (unpaired) electrons. The number of Topliss-reactive ketones (excluding diaryl/α,β-unsaturated/α-hetero) is 2. The second-order valence-corrected chi connectivity index (χ2v) is 21.8. The third-order valence-corrected chi connectivity index (χ3v) is 13.4. The van der Waals surface area contributed by atoms with Crippen molar-refractivity contribution in [3.05, 3.63) is 95.6 Å². The van der Waals surface area contributed by atoms with E-state index in [4.69, 9.17) is 9.47 Å². The van der Waals surface area contributed by atoms with Crippen LogP contribution in [0.2, 0.25) is 0 Å². The number of likely N-dealkylation sites (N-methyl/N-ethyl adjacent to an activating group) is 2. The summed E-state index contributed by atoms with van der Waals surface area (Å²) in [4.78, 5) is 112. The van der Waals surface area contributed by atoms with Crippen molar-refractivity contribution in [3.63, 3.8) is 0 Å². The molecule has 0 heterocycles. The van der Waals surface area contributed by atoms with Crippen LogP contribution in [0.25, 0.3) is 11.1 Å². The van der Waals surface area contributed by atoms with Crippen LogP contribution in [0, 0.1) is 23.7 Å². The summed E-state index contributed by atoms with van der Waals surface area (Å²) >= 11 is 0. The number of fused-ring (bicyclic) bond motifs is 3. The number of benzene rings is 3. The van der Waals surface area contributed by atoms with Crippen molar-refractivity contribution < 1.29 is 47.8 Å². The van der Waals surface area contributed by atoms with E-state index in [2.05, 4.69) is 38.7 Å². The van der Waals surface area contributed by atoms with Gasteiger partial charge in [-0.25, -0.2) is 9.59 Å². The van der Waals surface area contributed by atoms with E-state index in [1.54, 1.807) is 13.8 Å². The zero-order valence-electron chi connectivity index (χ0n) is 46.9. The Labute approximate surface area is 450 Å². The van der Waals surface area contributed by atoms with Gasteiger partial charge in [0.25, 0.3) is 0 Å². The maximum Gasteiger partial charge on any atom is 0.410 e. The van der Waals surface area contributed by atoms with Crippen molar-refractivity contribution in [2.24, 2.45) is 23.7 Å². The van der Waals surface area contributed by atoms with Crippen molar-refractivity contribution in [3.8, 4) is 11.1 Å². The fourth-order valence-electron chi connectivity index (χ4n) is 9.37. The molecule has 76 heavy (non-hydrogen) atoms. The predicted molar refractivity (Wildman–Crippen MR) is 294 cm³/mol. The maximum absolute atomic E-state index is 14.1. The number of hydrogen-bond donors (Lipinski definition) is 5. The van der Waals surface area contributed by atoms with E-state index < -0.39 is 71.9 Å². The molecule has 17 nitrogen and oxygen atoms in total. The second-order valence-electron chi connectivity index (χ2n) is 21.8. The highest BCUT2D eigenvalue weighted by atomic mass is 16.6. The molecular weight excluding hydrogens is 967 g/mol. The fourth-order valence-corrected chi connectivity index (χ4v) is 9.37. The van der Waals surface area contributed by atoms with Crippen LogP contribution < -0.4 is 26.6 Å². The molecular formula is C59H85N7O10. The summed E-state index contributed by atoms with van der Waals surface area (Å²) in [6.45, 7) is 17.9. The van der Waals surface area contributed by atoms with Crippen molar-refractivity contribution in [2.45, 2.75) is 150 Å². The molecule has 0 saturated heterocycles. The molecule has 0 aromatic heterocycles. The van der Waals surface area contributed by atoms with Gasteiger partial charge in [0, 0.05) is 20.0 Å². The number of hydrogen-bond acceptors (Lipinski definition) is 12. The van der Waals surface area contributed by atoms with Crippen LogP contribution in [0.15, 0.2) is 78.9 Å². The summed E-state index contributed by atoms with van der Waals surface area (Å²) < 4.78 is 11.3. The SMILES string of the molecule is CCC[C@H](NC(=O)[C@H](CC(C)C)N(C)C(=O)OCC1c2ccccc2-c2ccccc21)C(=O)N(C)CC(=O)CN[C@@H](CC(C)C)C(=O)N[C@H](C(=O)CN[C@@H](CC(C)C)C(=O)N[C@@H](C)C(=O)OCc1ccccc1)C(C)C. The Morgan fingerprint density at radius 2 is 1.12 bits per heavy atom. The Balaban J connectivity index is 1.32. The molecule has 1 aliphatic rings. The largest absolute Gasteiger partial charge is 0.459 e. The molecule has 0 aliphatic heterocycles. The Kier molecular flexibility index (Phi) is 24.8. The zero-order chi connectivity index (χ0) is 56.2. The lowest BCUT2D eigenvalue weighted by molar-refractivity contribution is -0.148. The summed E-state index contributed by atoms with van der Waals surface area (Å²) in [6, 6.07) is 19.8. The van der Waals surface area contributed by atoms with Gasteiger partial charge in [-0.15, -0.1) is 0 Å². The van der Waals surface area contributed by atoms with Crippen molar-refractivity contribution in [1.29, 1.82) is 0 Å². The van der Waals surface area contributed by atoms with Gasteiger partial charge in [-0.2, -0.15) is 0 Å².